The van der Waals surface area contributed by atoms with Crippen LogP contribution in [0.2, 0.25) is 0 Å². The number of carbonyl (C=O) groups excluding carboxylic acids is 2. The predicted octanol–water partition coefficient (Wildman–Crippen LogP) is 3.55. The standard InChI is InChI=1S/C25H24N2O4/c1-30-22-12-17-10-11-26(15-18(17)13-23(22)31-2)21-14-24(28)27(25(21)29)20-9-5-7-16-6-3-4-8-19(16)20/h3-9,12-13,21H,10-11,14-15H2,1-2H3/t21-/m1/s1. The first-order valence-electron chi connectivity index (χ1n) is 10.4. The van der Waals surface area contributed by atoms with E-state index < -0.39 is 6.04 Å². The maximum Gasteiger partial charge on any atom is 0.251 e. The molecule has 1 saturated heterocycles. The van der Waals surface area contributed by atoms with E-state index in [9.17, 15) is 9.59 Å². The monoisotopic (exact) mass is 416 g/mol. The smallest absolute Gasteiger partial charge is 0.251 e. The second-order valence-electron chi connectivity index (χ2n) is 7.98. The number of nitrogens with zero attached hydrogens (tertiary/aromatic N) is 2. The molecule has 0 spiro atoms. The van der Waals surface area contributed by atoms with Gasteiger partial charge in [-0.25, -0.2) is 4.90 Å². The summed E-state index contributed by atoms with van der Waals surface area (Å²) in [7, 11) is 3.25. The fraction of sp³-hybridized carbons (Fsp3) is 0.280. The highest BCUT2D eigenvalue weighted by Gasteiger charge is 2.43. The fourth-order valence-electron chi connectivity index (χ4n) is 4.73. The van der Waals surface area contributed by atoms with Crippen LogP contribution in [0.15, 0.2) is 54.6 Å². The van der Waals surface area contributed by atoms with Gasteiger partial charge in [-0.3, -0.25) is 14.5 Å². The highest BCUT2D eigenvalue weighted by atomic mass is 16.5. The van der Waals surface area contributed by atoms with Crippen molar-refractivity contribution in [1.82, 2.24) is 4.90 Å². The Labute approximate surface area is 181 Å². The Hall–Kier alpha value is -3.38. The number of amides is 2. The minimum atomic E-state index is -0.451. The Morgan fingerprint density at radius 2 is 1.61 bits per heavy atom. The number of imide groups is 1. The molecule has 2 heterocycles. The van der Waals surface area contributed by atoms with Crippen LogP contribution < -0.4 is 14.4 Å². The minimum absolute atomic E-state index is 0.148. The van der Waals surface area contributed by atoms with Crippen molar-refractivity contribution >= 4 is 28.3 Å². The number of carbonyl (C=O) groups is 2. The largest absolute Gasteiger partial charge is 0.493 e. The van der Waals surface area contributed by atoms with E-state index in [1.165, 1.54) is 10.5 Å². The van der Waals surface area contributed by atoms with Gasteiger partial charge in [0.15, 0.2) is 11.5 Å². The molecule has 0 aliphatic carbocycles. The fourth-order valence-corrected chi connectivity index (χ4v) is 4.73. The van der Waals surface area contributed by atoms with Crippen LogP contribution >= 0.6 is 0 Å². The van der Waals surface area contributed by atoms with E-state index in [1.807, 2.05) is 54.6 Å². The van der Waals surface area contributed by atoms with Crippen molar-refractivity contribution in [3.05, 3.63) is 65.7 Å². The molecule has 5 rings (SSSR count). The SMILES string of the molecule is COc1cc2c(cc1OC)CN([C@@H]1CC(=O)N(c3cccc4ccccc34)C1=O)CC2. The highest BCUT2D eigenvalue weighted by molar-refractivity contribution is 6.25. The van der Waals surface area contributed by atoms with Gasteiger partial charge in [0.2, 0.25) is 5.91 Å². The van der Waals surface area contributed by atoms with Crippen molar-refractivity contribution in [2.45, 2.75) is 25.4 Å². The van der Waals surface area contributed by atoms with Crippen LogP contribution in [0.1, 0.15) is 17.5 Å². The topological polar surface area (TPSA) is 59.1 Å². The van der Waals surface area contributed by atoms with Crippen LogP contribution in [-0.4, -0.2) is 43.5 Å². The molecule has 6 heteroatoms. The first-order chi connectivity index (χ1) is 15.1. The van der Waals surface area contributed by atoms with Gasteiger partial charge in [0, 0.05) is 18.5 Å². The number of rotatable bonds is 4. The maximum absolute atomic E-state index is 13.4. The van der Waals surface area contributed by atoms with E-state index in [1.54, 1.807) is 14.2 Å². The Morgan fingerprint density at radius 3 is 2.39 bits per heavy atom. The van der Waals surface area contributed by atoms with Crippen molar-refractivity contribution in [3.63, 3.8) is 0 Å². The van der Waals surface area contributed by atoms with Crippen LogP contribution in [0.25, 0.3) is 10.8 Å². The first-order valence-corrected chi connectivity index (χ1v) is 10.4. The zero-order valence-electron chi connectivity index (χ0n) is 17.6. The van der Waals surface area contributed by atoms with Crippen LogP contribution in [0.3, 0.4) is 0 Å². The molecule has 2 aliphatic rings. The van der Waals surface area contributed by atoms with E-state index in [-0.39, 0.29) is 18.2 Å². The van der Waals surface area contributed by atoms with E-state index in [0.29, 0.717) is 23.7 Å². The van der Waals surface area contributed by atoms with Crippen LogP contribution in [0, 0.1) is 0 Å². The molecule has 31 heavy (non-hydrogen) atoms. The summed E-state index contributed by atoms with van der Waals surface area (Å²) < 4.78 is 10.9. The van der Waals surface area contributed by atoms with Gasteiger partial charge < -0.3 is 9.47 Å². The molecular weight excluding hydrogens is 392 g/mol. The predicted molar refractivity (Wildman–Crippen MR) is 119 cm³/mol. The number of ether oxygens (including phenoxy) is 2. The lowest BCUT2D eigenvalue weighted by atomic mass is 9.97. The summed E-state index contributed by atoms with van der Waals surface area (Å²) in [6.45, 7) is 1.32. The molecule has 2 amide bonds. The number of hydrogen-bond donors (Lipinski definition) is 0. The summed E-state index contributed by atoms with van der Waals surface area (Å²) in [6, 6.07) is 17.1. The Kier molecular flexibility index (Phi) is 4.87. The summed E-state index contributed by atoms with van der Waals surface area (Å²) in [6.07, 6.45) is 0.993. The third kappa shape index (κ3) is 3.24. The summed E-state index contributed by atoms with van der Waals surface area (Å²) >= 11 is 0. The molecule has 0 radical (unpaired) electrons. The number of fused-ring (bicyclic) bond motifs is 2. The van der Waals surface area contributed by atoms with Crippen molar-refractivity contribution in [2.75, 3.05) is 25.7 Å². The van der Waals surface area contributed by atoms with Crippen molar-refractivity contribution < 1.29 is 19.1 Å². The zero-order valence-corrected chi connectivity index (χ0v) is 17.6. The van der Waals surface area contributed by atoms with Gasteiger partial charge in [-0.05, 0) is 41.1 Å². The summed E-state index contributed by atoms with van der Waals surface area (Å²) in [5, 5.41) is 1.92. The van der Waals surface area contributed by atoms with Crippen LogP contribution in [0.5, 0.6) is 11.5 Å². The molecule has 3 aromatic rings. The van der Waals surface area contributed by atoms with Crippen molar-refractivity contribution in [3.8, 4) is 11.5 Å². The molecule has 0 N–H and O–H groups in total. The van der Waals surface area contributed by atoms with Gasteiger partial charge in [-0.1, -0.05) is 36.4 Å². The van der Waals surface area contributed by atoms with Gasteiger partial charge in [0.1, 0.15) is 0 Å². The lowest BCUT2D eigenvalue weighted by Crippen LogP contribution is -2.44. The van der Waals surface area contributed by atoms with Gasteiger partial charge in [0.25, 0.3) is 5.91 Å². The van der Waals surface area contributed by atoms with E-state index in [2.05, 4.69) is 4.90 Å². The summed E-state index contributed by atoms with van der Waals surface area (Å²) in [5.74, 6) is 1.09. The molecule has 0 aromatic heterocycles. The maximum atomic E-state index is 13.4. The molecule has 0 bridgehead atoms. The molecule has 2 aliphatic heterocycles. The number of benzene rings is 3. The Morgan fingerprint density at radius 1 is 0.903 bits per heavy atom. The second-order valence-corrected chi connectivity index (χ2v) is 7.98. The zero-order chi connectivity index (χ0) is 21.5. The van der Waals surface area contributed by atoms with E-state index in [0.717, 1.165) is 29.3 Å². The third-order valence-electron chi connectivity index (χ3n) is 6.32. The molecular formula is C25H24N2O4. The minimum Gasteiger partial charge on any atom is -0.493 e. The lowest BCUT2D eigenvalue weighted by Gasteiger charge is -2.32. The first kappa shape index (κ1) is 19.6. The van der Waals surface area contributed by atoms with Gasteiger partial charge in [0.05, 0.1) is 32.4 Å². The average Bonchev–Trinajstić information content (AvgIpc) is 3.10. The van der Waals surface area contributed by atoms with Crippen LogP contribution in [-0.2, 0) is 22.6 Å². The molecule has 1 fully saturated rings. The number of anilines is 1. The lowest BCUT2D eigenvalue weighted by molar-refractivity contribution is -0.123. The molecule has 0 saturated carbocycles. The Balaban J connectivity index is 1.44. The van der Waals surface area contributed by atoms with E-state index in [4.69, 9.17) is 9.47 Å². The molecule has 0 unspecified atom stereocenters. The molecule has 3 aromatic carbocycles. The van der Waals surface area contributed by atoms with E-state index >= 15 is 0 Å². The van der Waals surface area contributed by atoms with Gasteiger partial charge >= 0.3 is 0 Å². The number of hydrogen-bond acceptors (Lipinski definition) is 5. The second kappa shape index (κ2) is 7.71. The highest BCUT2D eigenvalue weighted by Crippen LogP contribution is 2.36. The summed E-state index contributed by atoms with van der Waals surface area (Å²) in [4.78, 5) is 29.8. The van der Waals surface area contributed by atoms with Crippen LogP contribution in [0.4, 0.5) is 5.69 Å². The molecule has 6 nitrogen and oxygen atoms in total. The third-order valence-corrected chi connectivity index (χ3v) is 6.32. The number of methoxy groups -OCH3 is 2. The molecule has 1 atom stereocenters. The molecule has 158 valence electrons. The Bertz CT molecular complexity index is 1180. The van der Waals surface area contributed by atoms with Gasteiger partial charge in [-0.15, -0.1) is 0 Å². The van der Waals surface area contributed by atoms with Gasteiger partial charge in [-0.2, -0.15) is 0 Å². The normalized spacial score (nSPS) is 19.0. The van der Waals surface area contributed by atoms with Crippen molar-refractivity contribution in [2.24, 2.45) is 0 Å². The average molecular weight is 416 g/mol. The summed E-state index contributed by atoms with van der Waals surface area (Å²) in [5.41, 5.74) is 2.96. The van der Waals surface area contributed by atoms with Crippen molar-refractivity contribution in [1.29, 1.82) is 0 Å². The quantitative estimate of drug-likeness (QED) is 0.609.